The maximum Gasteiger partial charge on any atom is 0.568 e. The van der Waals surface area contributed by atoms with Crippen molar-refractivity contribution in [1.29, 1.82) is 0 Å². The Balaban J connectivity index is 1.39. The second kappa shape index (κ2) is 11.4. The number of aromatic nitrogens is 2. The molecular formula is C29H44BN4O7+. The third-order valence-electron chi connectivity index (χ3n) is 9.61. The Morgan fingerprint density at radius 2 is 1.83 bits per heavy atom. The second-order valence-corrected chi connectivity index (χ2v) is 12.7. The van der Waals surface area contributed by atoms with Crippen LogP contribution < -0.4 is 5.46 Å². The molecule has 4 atom stereocenters. The van der Waals surface area contributed by atoms with Crippen LogP contribution in [-0.4, -0.2) is 94.0 Å². The van der Waals surface area contributed by atoms with Gasteiger partial charge in [0.2, 0.25) is 0 Å². The van der Waals surface area contributed by atoms with Crippen molar-refractivity contribution in [1.82, 2.24) is 15.0 Å². The SMILES string of the molecule is COC[C@H]1C[C@@H](c2ncc(-c3ccc(B4OC(C)(C)C(C)(C)O4)cc3)[nH]2)N([N+](O)(C(=O)O)C(C)C2CCOCC2)C1. The lowest BCUT2D eigenvalue weighted by molar-refractivity contribution is -1.15. The van der Waals surface area contributed by atoms with Gasteiger partial charge in [0.25, 0.3) is 0 Å². The minimum absolute atomic E-state index is 0.0154. The van der Waals surface area contributed by atoms with Crippen molar-refractivity contribution in [3.63, 3.8) is 0 Å². The smallest absolute Gasteiger partial charge is 0.432 e. The summed E-state index contributed by atoms with van der Waals surface area (Å²) in [4.78, 5) is 20.8. The Labute approximate surface area is 242 Å². The molecule has 3 aliphatic rings. The summed E-state index contributed by atoms with van der Waals surface area (Å²) in [6, 6.07) is 6.98. The van der Waals surface area contributed by atoms with E-state index in [9.17, 15) is 15.1 Å². The fraction of sp³-hybridized carbons (Fsp3) is 0.655. The highest BCUT2D eigenvalue weighted by Gasteiger charge is 2.58. The average Bonchev–Trinajstić information content (AvgIpc) is 3.65. The molecule has 1 amide bonds. The summed E-state index contributed by atoms with van der Waals surface area (Å²) in [6.45, 7) is 11.9. The third-order valence-corrected chi connectivity index (χ3v) is 9.61. The van der Waals surface area contributed by atoms with Crippen LogP contribution in [0.15, 0.2) is 30.5 Å². The van der Waals surface area contributed by atoms with E-state index in [1.807, 2.05) is 58.9 Å². The predicted molar refractivity (Wildman–Crippen MR) is 152 cm³/mol. The zero-order chi connectivity index (χ0) is 29.6. The van der Waals surface area contributed by atoms with Crippen LogP contribution in [-0.2, 0) is 18.8 Å². The molecule has 4 heterocycles. The van der Waals surface area contributed by atoms with Crippen molar-refractivity contribution in [3.8, 4) is 11.3 Å². The molecule has 2 aromatic rings. The second-order valence-electron chi connectivity index (χ2n) is 12.7. The molecule has 12 heteroatoms. The molecule has 41 heavy (non-hydrogen) atoms. The minimum Gasteiger partial charge on any atom is -0.432 e. The Kier molecular flexibility index (Phi) is 8.39. The monoisotopic (exact) mass is 571 g/mol. The van der Waals surface area contributed by atoms with Crippen LogP contribution in [0.25, 0.3) is 11.3 Å². The molecule has 3 saturated heterocycles. The van der Waals surface area contributed by atoms with Crippen LogP contribution in [0.4, 0.5) is 4.79 Å². The van der Waals surface area contributed by atoms with Gasteiger partial charge in [-0.2, -0.15) is 10.0 Å². The molecule has 0 saturated carbocycles. The van der Waals surface area contributed by atoms with Crippen LogP contribution in [0, 0.1) is 11.8 Å². The molecule has 0 spiro atoms. The van der Waals surface area contributed by atoms with Crippen molar-refractivity contribution in [2.75, 3.05) is 33.5 Å². The number of aromatic amines is 1. The molecule has 5 rings (SSSR count). The van der Waals surface area contributed by atoms with Gasteiger partial charge >= 0.3 is 13.2 Å². The predicted octanol–water partition coefficient (Wildman–Crippen LogP) is 4.00. The maximum absolute atomic E-state index is 12.7. The number of imidazole rings is 1. The lowest BCUT2D eigenvalue weighted by Crippen LogP contribution is -2.67. The standard InChI is InChI=1S/C29H43BN4O7/c1-19(21-11-13-39-14-12-21)34(37,27(35)36)33-17-20(18-38-6)15-25(33)26-31-16-24(32-26)22-7-9-23(10-8-22)30-40-28(2,3)29(4,5)41-30/h7-10,16,19-21,25,37H,11-15,17-18H2,1-6H3,(H-,31,32,35,36)/p+1/t19?,20-,25-,34?/m0/s1. The molecule has 224 valence electrons. The first-order chi connectivity index (χ1) is 19.4. The number of carbonyl (C=O) groups is 1. The van der Waals surface area contributed by atoms with Crippen molar-refractivity contribution < 1.29 is 38.6 Å². The Hall–Kier alpha value is -2.32. The topological polar surface area (TPSA) is 126 Å². The van der Waals surface area contributed by atoms with Gasteiger partial charge in [-0.15, -0.1) is 5.01 Å². The first-order valence-corrected chi connectivity index (χ1v) is 14.6. The fourth-order valence-corrected chi connectivity index (χ4v) is 6.31. The molecule has 11 nitrogen and oxygen atoms in total. The molecule has 1 aromatic heterocycles. The van der Waals surface area contributed by atoms with E-state index in [2.05, 4.69) is 9.97 Å². The van der Waals surface area contributed by atoms with Crippen molar-refractivity contribution in [2.24, 2.45) is 11.8 Å². The number of hydrogen-bond acceptors (Lipinski definition) is 8. The van der Waals surface area contributed by atoms with Gasteiger partial charge in [0, 0.05) is 32.2 Å². The van der Waals surface area contributed by atoms with Gasteiger partial charge in [-0.25, -0.2) is 4.98 Å². The summed E-state index contributed by atoms with van der Waals surface area (Å²) in [5.74, 6) is 0.677. The molecular weight excluding hydrogens is 527 g/mol. The van der Waals surface area contributed by atoms with Crippen molar-refractivity contribution in [2.45, 2.75) is 77.2 Å². The Morgan fingerprint density at radius 3 is 2.41 bits per heavy atom. The summed E-state index contributed by atoms with van der Waals surface area (Å²) in [7, 11) is 1.19. The molecule has 3 N–H and O–H groups in total. The van der Waals surface area contributed by atoms with Gasteiger partial charge in [-0.3, -0.25) is 0 Å². The average molecular weight is 572 g/mol. The third kappa shape index (κ3) is 5.59. The zero-order valence-corrected chi connectivity index (χ0v) is 25.0. The van der Waals surface area contributed by atoms with Crippen molar-refractivity contribution >= 4 is 18.7 Å². The van der Waals surface area contributed by atoms with Gasteiger partial charge in [-0.05, 0) is 69.7 Å². The fourth-order valence-electron chi connectivity index (χ4n) is 6.31. The molecule has 1 aromatic carbocycles. The lowest BCUT2D eigenvalue weighted by Gasteiger charge is -2.42. The summed E-state index contributed by atoms with van der Waals surface area (Å²) >= 11 is 0. The van der Waals surface area contributed by atoms with E-state index < -0.39 is 41.3 Å². The number of benzene rings is 1. The number of hydrogen-bond donors (Lipinski definition) is 3. The molecule has 2 unspecified atom stereocenters. The van der Waals surface area contributed by atoms with Gasteiger partial charge in [-0.1, -0.05) is 24.3 Å². The van der Waals surface area contributed by atoms with Crippen LogP contribution in [0.5, 0.6) is 0 Å². The van der Waals surface area contributed by atoms with Crippen LogP contribution in [0.2, 0.25) is 0 Å². The van der Waals surface area contributed by atoms with E-state index in [1.165, 1.54) is 0 Å². The number of amides is 1. The largest absolute Gasteiger partial charge is 0.568 e. The van der Waals surface area contributed by atoms with Gasteiger partial charge < -0.3 is 28.9 Å². The highest BCUT2D eigenvalue weighted by molar-refractivity contribution is 6.62. The lowest BCUT2D eigenvalue weighted by atomic mass is 9.79. The highest BCUT2D eigenvalue weighted by atomic mass is 16.7. The number of hydroxylamine groups is 2. The maximum atomic E-state index is 12.7. The van der Waals surface area contributed by atoms with Crippen LogP contribution in [0.1, 0.15) is 65.7 Å². The van der Waals surface area contributed by atoms with E-state index in [0.717, 1.165) is 16.7 Å². The minimum atomic E-state index is -1.29. The highest BCUT2D eigenvalue weighted by Crippen LogP contribution is 2.42. The van der Waals surface area contributed by atoms with Crippen LogP contribution in [0.3, 0.4) is 0 Å². The van der Waals surface area contributed by atoms with E-state index in [-0.39, 0.29) is 11.8 Å². The first kappa shape index (κ1) is 30.2. The van der Waals surface area contributed by atoms with Gasteiger partial charge in [0.05, 0.1) is 36.2 Å². The summed E-state index contributed by atoms with van der Waals surface area (Å²) in [5.41, 5.74) is 1.84. The summed E-state index contributed by atoms with van der Waals surface area (Å²) in [6.07, 6.45) is 2.49. The number of methoxy groups -OCH3 is 1. The number of nitrogens with zero attached hydrogens (tertiary/aromatic N) is 3. The zero-order valence-electron chi connectivity index (χ0n) is 25.0. The van der Waals surface area contributed by atoms with E-state index in [1.54, 1.807) is 18.3 Å². The summed E-state index contributed by atoms with van der Waals surface area (Å²) < 4.78 is 22.1. The van der Waals surface area contributed by atoms with E-state index >= 15 is 0 Å². The number of quaternary nitrogens is 1. The number of H-pyrrole nitrogens is 1. The number of carboxylic acid groups (broad SMARTS) is 1. The first-order valence-electron chi connectivity index (χ1n) is 14.6. The molecule has 3 fully saturated rings. The number of rotatable bonds is 8. The molecule has 0 aliphatic carbocycles. The van der Waals surface area contributed by atoms with E-state index in [0.29, 0.717) is 51.5 Å². The molecule has 3 aliphatic heterocycles. The van der Waals surface area contributed by atoms with Crippen molar-refractivity contribution in [3.05, 3.63) is 36.3 Å². The molecule has 0 radical (unpaired) electrons. The molecule has 0 bridgehead atoms. The van der Waals surface area contributed by atoms with Gasteiger partial charge in [0.15, 0.2) is 6.04 Å². The summed E-state index contributed by atoms with van der Waals surface area (Å²) in [5, 5.41) is 23.9. The Bertz CT molecular complexity index is 1200. The van der Waals surface area contributed by atoms with Gasteiger partial charge in [0.1, 0.15) is 11.9 Å². The normalized spacial score (nSPS) is 27.1. The quantitative estimate of drug-likeness (QED) is 0.187. The Morgan fingerprint density at radius 1 is 1.20 bits per heavy atom. The number of nitrogens with one attached hydrogen (secondary N) is 1. The van der Waals surface area contributed by atoms with E-state index in [4.69, 9.17) is 18.8 Å². The van der Waals surface area contributed by atoms with Crippen LogP contribution >= 0.6 is 0 Å². The number of ether oxygens (including phenoxy) is 2.